The number of nitrogens with one attached hydrogen (secondary N) is 1. The quantitative estimate of drug-likeness (QED) is 0.917. The van der Waals surface area contributed by atoms with Crippen LogP contribution in [-0.2, 0) is 18.4 Å². The highest BCUT2D eigenvalue weighted by Gasteiger charge is 2.13. The molecule has 0 saturated heterocycles. The molecule has 0 bridgehead atoms. The van der Waals surface area contributed by atoms with E-state index in [-0.39, 0.29) is 5.91 Å². The van der Waals surface area contributed by atoms with Crippen molar-refractivity contribution in [2.24, 2.45) is 7.05 Å². The number of hydrogen-bond donors (Lipinski definition) is 1. The van der Waals surface area contributed by atoms with Crippen LogP contribution in [0.25, 0.3) is 0 Å². The average molecular weight is 293 g/mol. The fraction of sp³-hybridized carbons (Fsp3) is 0.462. The second kappa shape index (κ2) is 6.04. The molecule has 0 aliphatic rings. The molecule has 7 heteroatoms. The van der Waals surface area contributed by atoms with Crippen molar-refractivity contribution in [3.8, 4) is 0 Å². The van der Waals surface area contributed by atoms with Crippen LogP contribution in [-0.4, -0.2) is 27.2 Å². The SMILES string of the molecule is CCN(C(C)=O)c1nc(CNc2cn(C)nc2C)cs1. The van der Waals surface area contributed by atoms with Gasteiger partial charge in [0.25, 0.3) is 0 Å². The van der Waals surface area contributed by atoms with Crippen molar-refractivity contribution in [3.63, 3.8) is 0 Å². The lowest BCUT2D eigenvalue weighted by atomic mass is 10.4. The van der Waals surface area contributed by atoms with Gasteiger partial charge in [-0.25, -0.2) is 4.98 Å². The van der Waals surface area contributed by atoms with Gasteiger partial charge < -0.3 is 5.32 Å². The number of thiazole rings is 1. The van der Waals surface area contributed by atoms with Crippen molar-refractivity contribution in [2.75, 3.05) is 16.8 Å². The van der Waals surface area contributed by atoms with Crippen molar-refractivity contribution in [3.05, 3.63) is 23.0 Å². The molecule has 20 heavy (non-hydrogen) atoms. The van der Waals surface area contributed by atoms with E-state index < -0.39 is 0 Å². The Labute approximate surface area is 122 Å². The van der Waals surface area contributed by atoms with E-state index in [1.54, 1.807) is 16.5 Å². The van der Waals surface area contributed by atoms with E-state index in [1.807, 2.05) is 32.5 Å². The summed E-state index contributed by atoms with van der Waals surface area (Å²) >= 11 is 1.49. The Hall–Kier alpha value is -1.89. The lowest BCUT2D eigenvalue weighted by Crippen LogP contribution is -2.27. The molecular formula is C13H19N5OS. The van der Waals surface area contributed by atoms with Crippen molar-refractivity contribution in [1.29, 1.82) is 0 Å². The third-order valence-electron chi connectivity index (χ3n) is 2.94. The van der Waals surface area contributed by atoms with Gasteiger partial charge >= 0.3 is 0 Å². The Balaban J connectivity index is 2.03. The number of aryl methyl sites for hydroxylation is 2. The van der Waals surface area contributed by atoms with Gasteiger partial charge in [0, 0.05) is 32.1 Å². The molecule has 0 spiro atoms. The first-order valence-electron chi connectivity index (χ1n) is 6.48. The predicted octanol–water partition coefficient (Wildman–Crippen LogP) is 2.17. The topological polar surface area (TPSA) is 63.1 Å². The van der Waals surface area contributed by atoms with Crippen LogP contribution in [0.4, 0.5) is 10.8 Å². The molecule has 0 unspecified atom stereocenters. The number of anilines is 2. The minimum Gasteiger partial charge on any atom is -0.377 e. The summed E-state index contributed by atoms with van der Waals surface area (Å²) in [7, 11) is 1.89. The fourth-order valence-electron chi connectivity index (χ4n) is 1.95. The number of aromatic nitrogens is 3. The van der Waals surface area contributed by atoms with Crippen LogP contribution in [0.2, 0.25) is 0 Å². The third kappa shape index (κ3) is 3.16. The molecule has 2 aromatic heterocycles. The van der Waals surface area contributed by atoms with Crippen molar-refractivity contribution in [2.45, 2.75) is 27.3 Å². The number of rotatable bonds is 5. The Kier molecular flexibility index (Phi) is 4.39. The van der Waals surface area contributed by atoms with E-state index in [0.29, 0.717) is 13.1 Å². The van der Waals surface area contributed by atoms with Gasteiger partial charge in [-0.15, -0.1) is 11.3 Å². The summed E-state index contributed by atoms with van der Waals surface area (Å²) < 4.78 is 1.78. The van der Waals surface area contributed by atoms with E-state index in [0.717, 1.165) is 22.2 Å². The third-order valence-corrected chi connectivity index (χ3v) is 3.85. The minimum atomic E-state index is 0.0180. The summed E-state index contributed by atoms with van der Waals surface area (Å²) in [6.07, 6.45) is 1.94. The van der Waals surface area contributed by atoms with Crippen molar-refractivity contribution in [1.82, 2.24) is 14.8 Å². The molecule has 2 aromatic rings. The van der Waals surface area contributed by atoms with Crippen LogP contribution >= 0.6 is 11.3 Å². The smallest absolute Gasteiger partial charge is 0.225 e. The van der Waals surface area contributed by atoms with Crippen LogP contribution in [0.1, 0.15) is 25.2 Å². The van der Waals surface area contributed by atoms with Gasteiger partial charge in [0.2, 0.25) is 5.91 Å². The normalized spacial score (nSPS) is 10.6. The monoisotopic (exact) mass is 293 g/mol. The largest absolute Gasteiger partial charge is 0.377 e. The summed E-state index contributed by atoms with van der Waals surface area (Å²) in [6.45, 7) is 6.72. The lowest BCUT2D eigenvalue weighted by Gasteiger charge is -2.14. The van der Waals surface area contributed by atoms with Gasteiger partial charge in [-0.3, -0.25) is 14.4 Å². The van der Waals surface area contributed by atoms with Crippen LogP contribution in [0.15, 0.2) is 11.6 Å². The van der Waals surface area contributed by atoms with E-state index >= 15 is 0 Å². The first-order valence-corrected chi connectivity index (χ1v) is 7.35. The molecule has 108 valence electrons. The molecule has 0 fully saturated rings. The molecule has 2 heterocycles. The van der Waals surface area contributed by atoms with Gasteiger partial charge in [-0.05, 0) is 13.8 Å². The molecule has 0 radical (unpaired) electrons. The van der Waals surface area contributed by atoms with Gasteiger partial charge in [0.15, 0.2) is 5.13 Å². The van der Waals surface area contributed by atoms with E-state index in [4.69, 9.17) is 0 Å². The predicted molar refractivity (Wildman–Crippen MR) is 81.1 cm³/mol. The van der Waals surface area contributed by atoms with Gasteiger partial charge in [0.05, 0.1) is 23.6 Å². The van der Waals surface area contributed by atoms with Crippen LogP contribution in [0.3, 0.4) is 0 Å². The Bertz CT molecular complexity index is 604. The highest BCUT2D eigenvalue weighted by molar-refractivity contribution is 7.14. The number of amides is 1. The Morgan fingerprint density at radius 1 is 1.55 bits per heavy atom. The zero-order chi connectivity index (χ0) is 14.7. The maximum Gasteiger partial charge on any atom is 0.225 e. The highest BCUT2D eigenvalue weighted by Crippen LogP contribution is 2.21. The number of nitrogens with zero attached hydrogens (tertiary/aromatic N) is 4. The second-order valence-corrected chi connectivity index (χ2v) is 5.38. The van der Waals surface area contributed by atoms with E-state index in [2.05, 4.69) is 15.4 Å². The van der Waals surface area contributed by atoms with Gasteiger partial charge in [0.1, 0.15) is 0 Å². The van der Waals surface area contributed by atoms with Gasteiger partial charge in [-0.2, -0.15) is 5.10 Å². The zero-order valence-electron chi connectivity index (χ0n) is 12.2. The lowest BCUT2D eigenvalue weighted by molar-refractivity contribution is -0.116. The Morgan fingerprint density at radius 3 is 2.85 bits per heavy atom. The van der Waals surface area contributed by atoms with E-state index in [9.17, 15) is 4.79 Å². The summed E-state index contributed by atoms with van der Waals surface area (Å²) in [4.78, 5) is 17.6. The van der Waals surface area contributed by atoms with Crippen molar-refractivity contribution < 1.29 is 4.79 Å². The van der Waals surface area contributed by atoms with Crippen LogP contribution in [0.5, 0.6) is 0 Å². The summed E-state index contributed by atoms with van der Waals surface area (Å²) in [5, 5.41) is 10.3. The standard InChI is InChI=1S/C13H19N5OS/c1-5-18(10(3)19)13-15-11(8-20-13)6-14-12-7-17(4)16-9(12)2/h7-8,14H,5-6H2,1-4H3. The first-order chi connectivity index (χ1) is 9.51. The number of hydrogen-bond acceptors (Lipinski definition) is 5. The molecule has 0 atom stereocenters. The highest BCUT2D eigenvalue weighted by atomic mass is 32.1. The van der Waals surface area contributed by atoms with Crippen LogP contribution < -0.4 is 10.2 Å². The molecule has 1 amide bonds. The molecular weight excluding hydrogens is 274 g/mol. The minimum absolute atomic E-state index is 0.0180. The Morgan fingerprint density at radius 2 is 2.30 bits per heavy atom. The number of carbonyl (C=O) groups is 1. The molecule has 6 nitrogen and oxygen atoms in total. The zero-order valence-corrected chi connectivity index (χ0v) is 13.0. The second-order valence-electron chi connectivity index (χ2n) is 4.54. The molecule has 0 aromatic carbocycles. The summed E-state index contributed by atoms with van der Waals surface area (Å²) in [5.41, 5.74) is 2.88. The molecule has 0 aliphatic heterocycles. The molecule has 1 N–H and O–H groups in total. The van der Waals surface area contributed by atoms with E-state index in [1.165, 1.54) is 11.3 Å². The summed E-state index contributed by atoms with van der Waals surface area (Å²) in [5.74, 6) is 0.0180. The van der Waals surface area contributed by atoms with Crippen LogP contribution in [0, 0.1) is 6.92 Å². The molecule has 0 saturated carbocycles. The van der Waals surface area contributed by atoms with Crippen molar-refractivity contribution >= 4 is 28.1 Å². The van der Waals surface area contributed by atoms with Gasteiger partial charge in [-0.1, -0.05) is 0 Å². The molecule has 0 aliphatic carbocycles. The summed E-state index contributed by atoms with van der Waals surface area (Å²) in [6, 6.07) is 0. The average Bonchev–Trinajstić information content (AvgIpc) is 2.94. The number of carbonyl (C=O) groups excluding carboxylic acids is 1. The maximum absolute atomic E-state index is 11.5. The fourth-order valence-corrected chi connectivity index (χ4v) is 2.89. The molecule has 2 rings (SSSR count). The maximum atomic E-state index is 11.5. The first kappa shape index (κ1) is 14.5.